The third-order valence-corrected chi connectivity index (χ3v) is 7.10. The van der Waals surface area contributed by atoms with Crippen molar-refractivity contribution in [3.8, 4) is 23.0 Å². The summed E-state index contributed by atoms with van der Waals surface area (Å²) in [5.74, 6) is -2.00. The Kier molecular flexibility index (Phi) is 9.69. The van der Waals surface area contributed by atoms with Gasteiger partial charge in [0.05, 0.1) is 12.7 Å². The first-order valence-corrected chi connectivity index (χ1v) is 12.9. The fourth-order valence-electron chi connectivity index (χ4n) is 4.70. The van der Waals surface area contributed by atoms with Crippen molar-refractivity contribution in [2.45, 2.75) is 81.2 Å². The van der Waals surface area contributed by atoms with Crippen LogP contribution in [0, 0.1) is 0 Å². The second-order valence-electron chi connectivity index (χ2n) is 10.0. The zero-order valence-electron chi connectivity index (χ0n) is 21.9. The maximum absolute atomic E-state index is 12.7. The Morgan fingerprint density at radius 2 is 1.46 bits per heavy atom. The van der Waals surface area contributed by atoms with Crippen molar-refractivity contribution >= 4 is 5.78 Å². The fourth-order valence-corrected chi connectivity index (χ4v) is 4.70. The predicted molar refractivity (Wildman–Crippen MR) is 136 cm³/mol. The summed E-state index contributed by atoms with van der Waals surface area (Å²) in [7, 11) is 0. The molecule has 0 saturated carbocycles. The van der Waals surface area contributed by atoms with E-state index in [1.165, 1.54) is 19.1 Å². The van der Waals surface area contributed by atoms with Crippen LogP contribution < -0.4 is 4.74 Å². The molecule has 14 nitrogen and oxygen atoms in total. The minimum atomic E-state index is -1.77. The van der Waals surface area contributed by atoms with Gasteiger partial charge in [-0.1, -0.05) is 12.1 Å². The minimum Gasteiger partial charge on any atom is -0.508 e. The molecule has 0 aliphatic carbocycles. The Morgan fingerprint density at radius 1 is 0.829 bits per heavy atom. The highest BCUT2D eigenvalue weighted by atomic mass is 16.8. The van der Waals surface area contributed by atoms with Crippen molar-refractivity contribution in [1.29, 1.82) is 0 Å². The molecular formula is C27H34O14. The molecule has 2 aromatic carbocycles. The van der Waals surface area contributed by atoms with Crippen LogP contribution >= 0.6 is 0 Å². The van der Waals surface area contributed by atoms with Crippen molar-refractivity contribution in [3.63, 3.8) is 0 Å². The number of benzene rings is 2. The molecule has 0 aromatic heterocycles. The maximum Gasteiger partial charge on any atom is 0.229 e. The third-order valence-electron chi connectivity index (χ3n) is 7.10. The first-order valence-electron chi connectivity index (χ1n) is 12.9. The van der Waals surface area contributed by atoms with Crippen LogP contribution in [0.2, 0.25) is 0 Å². The number of carbonyl (C=O) groups is 1. The van der Waals surface area contributed by atoms with Gasteiger partial charge < -0.3 is 64.9 Å². The van der Waals surface area contributed by atoms with Crippen molar-refractivity contribution in [2.75, 3.05) is 6.61 Å². The summed E-state index contributed by atoms with van der Waals surface area (Å²) in [5, 5.41) is 91.5. The molecule has 9 N–H and O–H groups in total. The number of Topliss-reactive ketones (excluding diaryl/α,β-unsaturated/α-hetero) is 1. The second-order valence-corrected chi connectivity index (χ2v) is 10.0. The third kappa shape index (κ3) is 6.72. The Labute approximate surface area is 234 Å². The lowest BCUT2D eigenvalue weighted by molar-refractivity contribution is -0.354. The van der Waals surface area contributed by atoms with Gasteiger partial charge in [0.15, 0.2) is 18.2 Å². The topological polar surface area (TPSA) is 236 Å². The number of hydrogen-bond donors (Lipinski definition) is 9. The number of aryl methyl sites for hydroxylation is 1. The highest BCUT2D eigenvalue weighted by Gasteiger charge is 2.51. The predicted octanol–water partition coefficient (Wildman–Crippen LogP) is -1.35. The fraction of sp³-hybridized carbons (Fsp3) is 0.519. The second kappa shape index (κ2) is 12.9. The molecule has 0 unspecified atom stereocenters. The van der Waals surface area contributed by atoms with E-state index in [0.29, 0.717) is 0 Å². The summed E-state index contributed by atoms with van der Waals surface area (Å²) in [4.78, 5) is 12.7. The Morgan fingerprint density at radius 3 is 2.07 bits per heavy atom. The highest BCUT2D eigenvalue weighted by molar-refractivity contribution is 6.01. The number of ketones is 1. The summed E-state index contributed by atoms with van der Waals surface area (Å²) in [6.07, 6.45) is -15.3. The van der Waals surface area contributed by atoms with Crippen LogP contribution in [-0.4, -0.2) is 120 Å². The number of aliphatic hydroxyl groups excluding tert-OH is 6. The number of ether oxygens (including phenoxy) is 4. The van der Waals surface area contributed by atoms with Crippen LogP contribution in [0.25, 0.3) is 0 Å². The van der Waals surface area contributed by atoms with Crippen LogP contribution in [-0.2, 0) is 20.6 Å². The lowest BCUT2D eigenvalue weighted by Gasteiger charge is -2.45. The summed E-state index contributed by atoms with van der Waals surface area (Å²) in [5.41, 5.74) is 0.385. The van der Waals surface area contributed by atoms with Crippen LogP contribution in [0.4, 0.5) is 0 Å². The quantitative estimate of drug-likeness (QED) is 0.156. The number of phenols is 3. The van der Waals surface area contributed by atoms with Crippen molar-refractivity contribution < 1.29 is 69.7 Å². The number of hydrogen-bond acceptors (Lipinski definition) is 14. The van der Waals surface area contributed by atoms with Gasteiger partial charge in [0.2, 0.25) is 6.29 Å². The first kappa shape index (κ1) is 30.9. The maximum atomic E-state index is 12.7. The molecule has 4 rings (SSSR count). The standard InChI is InChI=1S/C27H34O14/c1-11-20(33)22(35)24(37)26(38-11)41-25-23(36)21(34)18(10-28)40-27(25)39-14-8-16(31)19(17(32)9-14)15(30)7-4-12-2-5-13(29)6-3-12/h2-3,5-6,8-9,11,18,20-29,31-37H,4,7,10H2,1H3/t11-,18+,20+,21+,22-,23-,24-,25+,26+,27+/m1/s1. The summed E-state index contributed by atoms with van der Waals surface area (Å²) >= 11 is 0. The van der Waals surface area contributed by atoms with E-state index in [2.05, 4.69) is 0 Å². The molecule has 41 heavy (non-hydrogen) atoms. The van der Waals surface area contributed by atoms with Gasteiger partial charge in [0, 0.05) is 18.6 Å². The van der Waals surface area contributed by atoms with Crippen molar-refractivity contribution in [2.24, 2.45) is 0 Å². The normalized spacial score (nSPS) is 33.8. The molecule has 10 atom stereocenters. The number of aromatic hydroxyl groups is 3. The van der Waals surface area contributed by atoms with E-state index >= 15 is 0 Å². The molecule has 2 saturated heterocycles. The van der Waals surface area contributed by atoms with Gasteiger partial charge in [0.25, 0.3) is 0 Å². The molecule has 2 aliphatic rings. The summed E-state index contributed by atoms with van der Waals surface area (Å²) in [6.45, 7) is 0.675. The average Bonchev–Trinajstić information content (AvgIpc) is 2.93. The first-order chi connectivity index (χ1) is 19.4. The number of carbonyl (C=O) groups excluding carboxylic acids is 1. The molecule has 2 heterocycles. The highest BCUT2D eigenvalue weighted by Crippen LogP contribution is 2.36. The van der Waals surface area contributed by atoms with E-state index in [-0.39, 0.29) is 29.9 Å². The Balaban J connectivity index is 1.52. The van der Waals surface area contributed by atoms with Gasteiger partial charge in [-0.25, -0.2) is 0 Å². The van der Waals surface area contributed by atoms with E-state index in [1.807, 2.05) is 0 Å². The zero-order chi connectivity index (χ0) is 30.0. The van der Waals surface area contributed by atoms with Gasteiger partial charge >= 0.3 is 0 Å². The van der Waals surface area contributed by atoms with Gasteiger partial charge in [-0.2, -0.15) is 0 Å². The lowest BCUT2D eigenvalue weighted by Crippen LogP contribution is -2.64. The molecule has 2 fully saturated rings. The molecule has 2 aliphatic heterocycles. The van der Waals surface area contributed by atoms with E-state index in [4.69, 9.17) is 18.9 Å². The van der Waals surface area contributed by atoms with E-state index in [1.54, 1.807) is 12.1 Å². The molecule has 0 radical (unpaired) electrons. The molecule has 0 spiro atoms. The van der Waals surface area contributed by atoms with E-state index in [9.17, 15) is 50.8 Å². The zero-order valence-corrected chi connectivity index (χ0v) is 21.9. The molecular weight excluding hydrogens is 548 g/mol. The van der Waals surface area contributed by atoms with Gasteiger partial charge in [-0.15, -0.1) is 0 Å². The van der Waals surface area contributed by atoms with Crippen LogP contribution in [0.5, 0.6) is 23.0 Å². The van der Waals surface area contributed by atoms with Crippen LogP contribution in [0.3, 0.4) is 0 Å². The van der Waals surface area contributed by atoms with E-state index < -0.39 is 85.3 Å². The Bertz CT molecular complexity index is 1170. The summed E-state index contributed by atoms with van der Waals surface area (Å²) in [6, 6.07) is 8.22. The minimum absolute atomic E-state index is 0.0706. The average molecular weight is 583 g/mol. The molecule has 0 bridgehead atoms. The number of aliphatic hydroxyl groups is 6. The molecule has 14 heteroatoms. The summed E-state index contributed by atoms with van der Waals surface area (Å²) < 4.78 is 22.2. The van der Waals surface area contributed by atoms with Crippen LogP contribution in [0.1, 0.15) is 29.3 Å². The smallest absolute Gasteiger partial charge is 0.229 e. The van der Waals surface area contributed by atoms with E-state index in [0.717, 1.165) is 17.7 Å². The van der Waals surface area contributed by atoms with Crippen molar-refractivity contribution in [1.82, 2.24) is 0 Å². The number of rotatable bonds is 9. The van der Waals surface area contributed by atoms with Crippen LogP contribution in [0.15, 0.2) is 36.4 Å². The molecule has 226 valence electrons. The van der Waals surface area contributed by atoms with Gasteiger partial charge in [-0.05, 0) is 31.0 Å². The van der Waals surface area contributed by atoms with Gasteiger partial charge in [0.1, 0.15) is 65.2 Å². The SMILES string of the molecule is C[C@H]1O[C@@H](O[C@@H]2[C@@H](Oc3cc(O)c(C(=O)CCc4ccc(O)cc4)c(O)c3)O[C@@H](CO)[C@H](O)[C@H]2O)[C@H](O)[C@H](O)[C@H]1O. The van der Waals surface area contributed by atoms with Gasteiger partial charge in [-0.3, -0.25) is 4.79 Å². The Hall–Kier alpha value is -3.05. The largest absolute Gasteiger partial charge is 0.508 e. The van der Waals surface area contributed by atoms with Crippen molar-refractivity contribution in [3.05, 3.63) is 47.5 Å². The molecule has 2 aromatic rings. The monoisotopic (exact) mass is 582 g/mol. The molecule has 0 amide bonds. The number of phenolic OH excluding ortho intramolecular Hbond substituents is 3. The lowest BCUT2D eigenvalue weighted by atomic mass is 9.97.